The highest BCUT2D eigenvalue weighted by molar-refractivity contribution is 7.99. The molecule has 1 unspecified atom stereocenters. The maximum atomic E-state index is 13.7. The van der Waals surface area contributed by atoms with Crippen molar-refractivity contribution in [3.8, 4) is 0 Å². The van der Waals surface area contributed by atoms with Gasteiger partial charge < -0.3 is 25.2 Å². The van der Waals surface area contributed by atoms with E-state index in [1.807, 2.05) is 0 Å². The Bertz CT molecular complexity index is 629. The molecule has 7 heteroatoms. The summed E-state index contributed by atoms with van der Waals surface area (Å²) in [5.74, 6) is -0.987. The second-order valence-corrected chi connectivity index (χ2v) is 9.06. The number of aliphatic hydroxyl groups excluding tert-OH is 3. The van der Waals surface area contributed by atoms with Crippen molar-refractivity contribution < 1.29 is 29.6 Å². The molecule has 1 aromatic rings. The first-order valence-electron chi connectivity index (χ1n) is 10.5. The van der Waals surface area contributed by atoms with Crippen LogP contribution >= 0.6 is 11.8 Å². The van der Waals surface area contributed by atoms with Gasteiger partial charge in [-0.25, -0.2) is 4.39 Å². The van der Waals surface area contributed by atoms with E-state index in [1.165, 1.54) is 17.8 Å². The van der Waals surface area contributed by atoms with Gasteiger partial charge in [-0.15, -0.1) is 11.8 Å². The zero-order valence-electron chi connectivity index (χ0n) is 16.7. The lowest BCUT2D eigenvalue weighted by atomic mass is 9.85. The van der Waals surface area contributed by atoms with Crippen LogP contribution in [0.5, 0.6) is 0 Å². The van der Waals surface area contributed by atoms with Crippen LogP contribution in [0, 0.1) is 17.7 Å². The SMILES string of the molecule is O=C([O-])CCCCCCC1[C@@H](CC[C@@H](O)CSc2ccccc2F)[C@H](O)C[C@@H]1O. The molecule has 0 amide bonds. The molecule has 0 radical (unpaired) electrons. The zero-order chi connectivity index (χ0) is 21.2. The summed E-state index contributed by atoms with van der Waals surface area (Å²) in [6.45, 7) is 0. The van der Waals surface area contributed by atoms with E-state index in [4.69, 9.17) is 0 Å². The summed E-state index contributed by atoms with van der Waals surface area (Å²) < 4.78 is 13.7. The molecular formula is C22H32FO5S-. The largest absolute Gasteiger partial charge is 0.550 e. The number of aliphatic hydroxyl groups is 3. The van der Waals surface area contributed by atoms with E-state index in [0.29, 0.717) is 36.3 Å². The third-order valence-electron chi connectivity index (χ3n) is 5.79. The summed E-state index contributed by atoms with van der Waals surface area (Å²) in [5.41, 5.74) is 0. The molecule has 0 bridgehead atoms. The number of carbonyl (C=O) groups excluding carboxylic acids is 1. The number of unbranched alkanes of at least 4 members (excludes halogenated alkanes) is 3. The van der Waals surface area contributed by atoms with Crippen LogP contribution in [-0.4, -0.2) is 45.4 Å². The van der Waals surface area contributed by atoms with Crippen molar-refractivity contribution in [3.05, 3.63) is 30.1 Å². The maximum Gasteiger partial charge on any atom is 0.136 e. The molecule has 0 heterocycles. The molecule has 5 nitrogen and oxygen atoms in total. The van der Waals surface area contributed by atoms with Crippen LogP contribution in [0.15, 0.2) is 29.2 Å². The summed E-state index contributed by atoms with van der Waals surface area (Å²) in [6, 6.07) is 6.48. The standard InChI is InChI=1S/C22H33FO5S/c23-18-8-5-6-9-21(18)29-14-15(24)11-12-17-16(19(25)13-20(17)26)7-3-1-2-4-10-22(27)28/h5-6,8-9,15-17,19-20,24-26H,1-4,7,10-14H2,(H,27,28)/p-1/t15-,16?,17-,19+,20-/m1/s1. The minimum Gasteiger partial charge on any atom is -0.550 e. The number of halogens is 1. The molecule has 1 aliphatic rings. The van der Waals surface area contributed by atoms with Crippen LogP contribution in [0.1, 0.15) is 57.8 Å². The summed E-state index contributed by atoms with van der Waals surface area (Å²) in [7, 11) is 0. The number of carbonyl (C=O) groups is 1. The normalized spacial score (nSPS) is 25.2. The smallest absolute Gasteiger partial charge is 0.136 e. The van der Waals surface area contributed by atoms with Gasteiger partial charge in [0.05, 0.1) is 18.3 Å². The molecular weight excluding hydrogens is 395 g/mol. The second-order valence-electron chi connectivity index (χ2n) is 8.00. The topological polar surface area (TPSA) is 101 Å². The van der Waals surface area contributed by atoms with E-state index in [0.717, 1.165) is 25.7 Å². The van der Waals surface area contributed by atoms with Crippen LogP contribution < -0.4 is 5.11 Å². The molecule has 164 valence electrons. The minimum absolute atomic E-state index is 0.00226. The van der Waals surface area contributed by atoms with Crippen LogP contribution in [0.2, 0.25) is 0 Å². The Kier molecular flexibility index (Phi) is 10.4. The molecule has 1 aromatic carbocycles. The summed E-state index contributed by atoms with van der Waals surface area (Å²) in [4.78, 5) is 10.9. The van der Waals surface area contributed by atoms with Crippen LogP contribution in [0.3, 0.4) is 0 Å². The first kappa shape index (κ1) is 24.1. The van der Waals surface area contributed by atoms with E-state index < -0.39 is 24.3 Å². The van der Waals surface area contributed by atoms with Crippen molar-refractivity contribution in [2.45, 2.75) is 81.0 Å². The quantitative estimate of drug-likeness (QED) is 0.330. The number of carboxylic acids is 1. The Morgan fingerprint density at radius 3 is 2.45 bits per heavy atom. The molecule has 1 aliphatic carbocycles. The predicted octanol–water partition coefficient (Wildman–Crippen LogP) is 2.51. The average molecular weight is 428 g/mol. The third-order valence-corrected chi connectivity index (χ3v) is 6.98. The fraction of sp³-hybridized carbons (Fsp3) is 0.682. The van der Waals surface area contributed by atoms with Crippen molar-refractivity contribution in [3.63, 3.8) is 0 Å². The fourth-order valence-electron chi connectivity index (χ4n) is 4.20. The molecule has 2 rings (SSSR count). The highest BCUT2D eigenvalue weighted by Gasteiger charge is 2.40. The molecule has 29 heavy (non-hydrogen) atoms. The van der Waals surface area contributed by atoms with E-state index >= 15 is 0 Å². The number of carboxylic acid groups (broad SMARTS) is 1. The van der Waals surface area contributed by atoms with Crippen LogP contribution in [0.25, 0.3) is 0 Å². The van der Waals surface area contributed by atoms with Gasteiger partial charge in [-0.3, -0.25) is 0 Å². The second kappa shape index (κ2) is 12.5. The van der Waals surface area contributed by atoms with Crippen molar-refractivity contribution in [1.29, 1.82) is 0 Å². The summed E-state index contributed by atoms with van der Waals surface area (Å²) >= 11 is 1.28. The Hall–Kier alpha value is -1.15. The molecule has 3 N–H and O–H groups in total. The molecule has 0 spiro atoms. The summed E-state index contributed by atoms with van der Waals surface area (Å²) in [5, 5.41) is 41.3. The van der Waals surface area contributed by atoms with Crippen molar-refractivity contribution in [1.82, 2.24) is 0 Å². The lowest BCUT2D eigenvalue weighted by Crippen LogP contribution is -2.24. The van der Waals surface area contributed by atoms with E-state index in [2.05, 4.69) is 0 Å². The van der Waals surface area contributed by atoms with Gasteiger partial charge in [0, 0.05) is 16.6 Å². The number of benzene rings is 1. The Labute approximate surface area is 176 Å². The number of hydrogen-bond acceptors (Lipinski definition) is 6. The Balaban J connectivity index is 1.72. The van der Waals surface area contributed by atoms with Gasteiger partial charge in [0.2, 0.25) is 0 Å². The number of aliphatic carboxylic acids is 1. The van der Waals surface area contributed by atoms with Crippen molar-refractivity contribution >= 4 is 17.7 Å². The highest BCUT2D eigenvalue weighted by Crippen LogP contribution is 2.39. The first-order valence-corrected chi connectivity index (χ1v) is 11.5. The number of hydrogen-bond donors (Lipinski definition) is 3. The lowest BCUT2D eigenvalue weighted by Gasteiger charge is -2.24. The molecule has 0 saturated heterocycles. The Morgan fingerprint density at radius 1 is 1.10 bits per heavy atom. The monoisotopic (exact) mass is 427 g/mol. The highest BCUT2D eigenvalue weighted by atomic mass is 32.2. The lowest BCUT2D eigenvalue weighted by molar-refractivity contribution is -0.305. The maximum absolute atomic E-state index is 13.7. The average Bonchev–Trinajstić information content (AvgIpc) is 2.94. The summed E-state index contributed by atoms with van der Waals surface area (Å²) in [6.07, 6.45) is 3.82. The van der Waals surface area contributed by atoms with Crippen molar-refractivity contribution in [2.24, 2.45) is 11.8 Å². The third kappa shape index (κ3) is 8.24. The van der Waals surface area contributed by atoms with E-state index in [-0.39, 0.29) is 24.1 Å². The number of rotatable bonds is 13. The van der Waals surface area contributed by atoms with Crippen LogP contribution in [-0.2, 0) is 4.79 Å². The van der Waals surface area contributed by atoms with Gasteiger partial charge >= 0.3 is 0 Å². The minimum atomic E-state index is -1.02. The van der Waals surface area contributed by atoms with Crippen LogP contribution in [0.4, 0.5) is 4.39 Å². The molecule has 0 aromatic heterocycles. The van der Waals surface area contributed by atoms with Gasteiger partial charge in [0.1, 0.15) is 5.82 Å². The molecule has 5 atom stereocenters. The van der Waals surface area contributed by atoms with Gasteiger partial charge in [-0.1, -0.05) is 31.4 Å². The molecule has 1 saturated carbocycles. The van der Waals surface area contributed by atoms with Gasteiger partial charge in [0.15, 0.2) is 0 Å². The van der Waals surface area contributed by atoms with Crippen molar-refractivity contribution in [2.75, 3.05) is 5.75 Å². The van der Waals surface area contributed by atoms with Gasteiger partial charge in [-0.2, -0.15) is 0 Å². The fourth-order valence-corrected chi connectivity index (χ4v) is 5.12. The Morgan fingerprint density at radius 2 is 1.76 bits per heavy atom. The van der Waals surface area contributed by atoms with Gasteiger partial charge in [-0.05, 0) is 62.5 Å². The zero-order valence-corrected chi connectivity index (χ0v) is 17.5. The first-order chi connectivity index (χ1) is 13.9. The van der Waals surface area contributed by atoms with E-state index in [9.17, 15) is 29.6 Å². The van der Waals surface area contributed by atoms with E-state index in [1.54, 1.807) is 18.2 Å². The molecule has 0 aliphatic heterocycles. The number of thioether (sulfide) groups is 1. The molecule has 1 fully saturated rings. The predicted molar refractivity (Wildman–Crippen MR) is 109 cm³/mol. The van der Waals surface area contributed by atoms with Gasteiger partial charge in [0.25, 0.3) is 0 Å².